The molecule has 0 heterocycles. The summed E-state index contributed by atoms with van der Waals surface area (Å²) >= 11 is 0. The van der Waals surface area contributed by atoms with Crippen molar-refractivity contribution in [3.05, 3.63) is 48.0 Å². The third-order valence-corrected chi connectivity index (χ3v) is 3.78. The number of hydrogen-bond donors (Lipinski definition) is 3. The van der Waals surface area contributed by atoms with Gasteiger partial charge in [0.15, 0.2) is 0 Å². The largest absolute Gasteiger partial charge is 0.497 e. The first-order chi connectivity index (χ1) is 11.7. The van der Waals surface area contributed by atoms with Crippen molar-refractivity contribution in [3.63, 3.8) is 0 Å². The molecule has 0 radical (unpaired) electrons. The zero-order valence-electron chi connectivity index (χ0n) is 14.9. The molecule has 0 bridgehead atoms. The van der Waals surface area contributed by atoms with Crippen LogP contribution in [0, 0.1) is 5.41 Å². The lowest BCUT2D eigenvalue weighted by molar-refractivity contribution is 0.175. The van der Waals surface area contributed by atoms with Crippen molar-refractivity contribution in [3.8, 4) is 17.2 Å². The highest BCUT2D eigenvalue weighted by Crippen LogP contribution is 2.38. The van der Waals surface area contributed by atoms with Crippen LogP contribution < -0.4 is 20.5 Å². The van der Waals surface area contributed by atoms with Gasteiger partial charge in [-0.25, -0.2) is 4.79 Å². The van der Waals surface area contributed by atoms with Gasteiger partial charge in [-0.05, 0) is 35.7 Å². The molecule has 0 aliphatic heterocycles. The maximum absolute atomic E-state index is 11.2. The third kappa shape index (κ3) is 4.79. The average molecular weight is 344 g/mol. The lowest BCUT2D eigenvalue weighted by Crippen LogP contribution is -2.36. The maximum Gasteiger partial charge on any atom is 0.405 e. The maximum atomic E-state index is 11.2. The van der Waals surface area contributed by atoms with Gasteiger partial charge < -0.3 is 25.6 Å². The Morgan fingerprint density at radius 1 is 1.12 bits per heavy atom. The summed E-state index contributed by atoms with van der Waals surface area (Å²) in [5.74, 6) is 1.88. The topological polar surface area (TPSA) is 93.8 Å². The number of amides is 1. The fraction of sp³-hybridized carbons (Fsp3) is 0.316. The Kier molecular flexibility index (Phi) is 5.41. The number of nitrogens with two attached hydrogens (primary N) is 1. The van der Waals surface area contributed by atoms with Gasteiger partial charge in [-0.1, -0.05) is 26.8 Å². The van der Waals surface area contributed by atoms with E-state index >= 15 is 0 Å². The summed E-state index contributed by atoms with van der Waals surface area (Å²) in [4.78, 5) is 11.2. The molecule has 2 aromatic rings. The summed E-state index contributed by atoms with van der Waals surface area (Å²) in [6, 6.07) is 12.0. The van der Waals surface area contributed by atoms with E-state index in [1.807, 2.05) is 39.0 Å². The number of hydrogen-bond acceptors (Lipinski definition) is 4. The highest BCUT2D eigenvalue weighted by molar-refractivity contribution is 5.66. The molecular formula is C19H24N2O4. The molecule has 0 aliphatic rings. The zero-order chi connectivity index (χ0) is 18.6. The van der Waals surface area contributed by atoms with E-state index in [-0.39, 0.29) is 5.41 Å². The van der Waals surface area contributed by atoms with Gasteiger partial charge in [-0.3, -0.25) is 0 Å². The Balaban J connectivity index is 2.36. The van der Waals surface area contributed by atoms with Crippen LogP contribution in [-0.2, 0) is 0 Å². The number of nitrogens with one attached hydrogen (secondary N) is 1. The number of rotatable bonds is 5. The molecule has 1 atom stereocenters. The predicted octanol–water partition coefficient (Wildman–Crippen LogP) is 4.42. The Labute approximate surface area is 147 Å². The van der Waals surface area contributed by atoms with Gasteiger partial charge in [0.05, 0.1) is 13.2 Å². The van der Waals surface area contributed by atoms with Crippen LogP contribution in [0.2, 0.25) is 0 Å². The molecule has 0 spiro atoms. The summed E-state index contributed by atoms with van der Waals surface area (Å²) in [5.41, 5.74) is 6.92. The van der Waals surface area contributed by atoms with Crippen LogP contribution in [0.5, 0.6) is 17.2 Å². The van der Waals surface area contributed by atoms with Crippen molar-refractivity contribution in [2.45, 2.75) is 26.8 Å². The van der Waals surface area contributed by atoms with E-state index in [0.29, 0.717) is 28.5 Å². The zero-order valence-corrected chi connectivity index (χ0v) is 14.9. The third-order valence-electron chi connectivity index (χ3n) is 3.78. The second-order valence-corrected chi connectivity index (χ2v) is 6.82. The van der Waals surface area contributed by atoms with Gasteiger partial charge in [-0.2, -0.15) is 0 Å². The highest BCUT2D eigenvalue weighted by atomic mass is 16.5. The number of carbonyl (C=O) groups is 1. The lowest BCUT2D eigenvalue weighted by Gasteiger charge is -2.32. The number of carboxylic acid groups (broad SMARTS) is 1. The van der Waals surface area contributed by atoms with Crippen LogP contribution in [0.3, 0.4) is 0 Å². The Morgan fingerprint density at radius 2 is 1.76 bits per heavy atom. The van der Waals surface area contributed by atoms with E-state index in [9.17, 15) is 4.79 Å². The highest BCUT2D eigenvalue weighted by Gasteiger charge is 2.29. The predicted molar refractivity (Wildman–Crippen MR) is 97.3 cm³/mol. The van der Waals surface area contributed by atoms with Crippen LogP contribution in [0.1, 0.15) is 32.4 Å². The molecule has 0 fully saturated rings. The Morgan fingerprint density at radius 3 is 2.36 bits per heavy atom. The molecule has 4 N–H and O–H groups in total. The van der Waals surface area contributed by atoms with Crippen LogP contribution in [0.15, 0.2) is 42.5 Å². The van der Waals surface area contributed by atoms with E-state index in [2.05, 4.69) is 5.32 Å². The summed E-state index contributed by atoms with van der Waals surface area (Å²) in [7, 11) is 1.59. The van der Waals surface area contributed by atoms with Gasteiger partial charge in [0.2, 0.25) is 0 Å². The number of methoxy groups -OCH3 is 1. The Hall–Kier alpha value is -2.89. The fourth-order valence-corrected chi connectivity index (χ4v) is 2.55. The van der Waals surface area contributed by atoms with Crippen LogP contribution in [0.25, 0.3) is 0 Å². The van der Waals surface area contributed by atoms with Crippen LogP contribution in [-0.4, -0.2) is 18.3 Å². The minimum atomic E-state index is -1.10. The van der Waals surface area contributed by atoms with E-state index in [1.54, 1.807) is 31.4 Å². The smallest absolute Gasteiger partial charge is 0.405 e. The Bertz CT molecular complexity index is 753. The molecule has 1 amide bonds. The number of benzene rings is 2. The van der Waals surface area contributed by atoms with Gasteiger partial charge in [0.25, 0.3) is 0 Å². The quantitative estimate of drug-likeness (QED) is 0.698. The number of ether oxygens (including phenoxy) is 2. The molecular weight excluding hydrogens is 320 g/mol. The molecule has 0 aromatic heterocycles. The first-order valence-electron chi connectivity index (χ1n) is 7.91. The normalized spacial score (nSPS) is 12.3. The van der Waals surface area contributed by atoms with Crippen LogP contribution >= 0.6 is 0 Å². The molecule has 1 unspecified atom stereocenters. The molecule has 2 rings (SSSR count). The number of nitrogen functional groups attached to an aromatic ring is 1. The monoisotopic (exact) mass is 344 g/mol. The first-order valence-corrected chi connectivity index (χ1v) is 7.91. The van der Waals surface area contributed by atoms with Gasteiger partial charge >= 0.3 is 6.09 Å². The molecule has 6 nitrogen and oxygen atoms in total. The van der Waals surface area contributed by atoms with Gasteiger partial charge in [0, 0.05) is 17.3 Å². The molecule has 0 saturated heterocycles. The van der Waals surface area contributed by atoms with E-state index in [0.717, 1.165) is 0 Å². The van der Waals surface area contributed by atoms with Crippen molar-refractivity contribution >= 4 is 11.8 Å². The molecule has 134 valence electrons. The van der Waals surface area contributed by atoms with E-state index in [4.69, 9.17) is 20.3 Å². The van der Waals surface area contributed by atoms with Crippen LogP contribution in [0.4, 0.5) is 10.5 Å². The van der Waals surface area contributed by atoms with E-state index in [1.165, 1.54) is 0 Å². The van der Waals surface area contributed by atoms with Crippen molar-refractivity contribution in [2.75, 3.05) is 12.8 Å². The summed E-state index contributed by atoms with van der Waals surface area (Å²) < 4.78 is 11.1. The summed E-state index contributed by atoms with van der Waals surface area (Å²) in [5, 5.41) is 11.7. The number of anilines is 1. The summed E-state index contributed by atoms with van der Waals surface area (Å²) in [6.45, 7) is 5.84. The van der Waals surface area contributed by atoms with Gasteiger partial charge in [-0.15, -0.1) is 0 Å². The summed E-state index contributed by atoms with van der Waals surface area (Å²) in [6.07, 6.45) is -1.10. The molecule has 6 heteroatoms. The minimum absolute atomic E-state index is 0.360. The molecule has 25 heavy (non-hydrogen) atoms. The molecule has 0 aliphatic carbocycles. The van der Waals surface area contributed by atoms with Crippen molar-refractivity contribution in [2.24, 2.45) is 5.41 Å². The first kappa shape index (κ1) is 18.4. The second-order valence-electron chi connectivity index (χ2n) is 6.82. The van der Waals surface area contributed by atoms with Crippen molar-refractivity contribution in [1.82, 2.24) is 5.32 Å². The van der Waals surface area contributed by atoms with Crippen molar-refractivity contribution < 1.29 is 19.4 Å². The standard InChI is InChI=1S/C19H24N2O4/c1-19(2,3)17(21-18(22)23)15-11-14(8-9-16(15)20)25-13-7-5-6-12(10-13)24-4/h5-11,17,21H,20H2,1-4H3,(H,22,23). The van der Waals surface area contributed by atoms with Gasteiger partial charge in [0.1, 0.15) is 17.2 Å². The van der Waals surface area contributed by atoms with Crippen molar-refractivity contribution in [1.29, 1.82) is 0 Å². The average Bonchev–Trinajstić information content (AvgIpc) is 2.54. The SMILES string of the molecule is COc1cccc(Oc2ccc(N)c(C(NC(=O)O)C(C)(C)C)c2)c1. The lowest BCUT2D eigenvalue weighted by atomic mass is 9.81. The minimum Gasteiger partial charge on any atom is -0.497 e. The second kappa shape index (κ2) is 7.34. The van der Waals surface area contributed by atoms with E-state index < -0.39 is 12.1 Å². The fourth-order valence-electron chi connectivity index (χ4n) is 2.55. The molecule has 2 aromatic carbocycles. The molecule has 0 saturated carbocycles.